The molecule has 3 nitrogen and oxygen atoms in total. The summed E-state index contributed by atoms with van der Waals surface area (Å²) in [5, 5.41) is 0.738. The van der Waals surface area contributed by atoms with Crippen molar-refractivity contribution in [3.05, 3.63) is 28.8 Å². The van der Waals surface area contributed by atoms with Gasteiger partial charge in [-0.2, -0.15) is 0 Å². The zero-order chi connectivity index (χ0) is 10.9. The Morgan fingerprint density at radius 2 is 1.77 bits per heavy atom. The largest absolute Gasteiger partial charge is 0.399 e. The number of anilines is 1. The Morgan fingerprint density at radius 3 is 2.08 bits per heavy atom. The highest BCUT2D eigenvalue weighted by Gasteiger charge is 1.91. The van der Waals surface area contributed by atoms with Crippen molar-refractivity contribution in [2.45, 2.75) is 6.92 Å². The van der Waals surface area contributed by atoms with Crippen LogP contribution in [0.3, 0.4) is 0 Å². The molecule has 13 heavy (non-hydrogen) atoms. The number of nitrogens with two attached hydrogens (primary N) is 2. The summed E-state index contributed by atoms with van der Waals surface area (Å²) in [7, 11) is 1.50. The monoisotopic (exact) mass is 202 g/mol. The number of halogens is 1. The molecular formula is C9H15ClN2O. The van der Waals surface area contributed by atoms with Crippen LogP contribution in [0.2, 0.25) is 5.02 Å². The molecule has 0 spiro atoms. The molecule has 0 unspecified atom stereocenters. The Kier molecular flexibility index (Phi) is 10.0. The lowest BCUT2D eigenvalue weighted by atomic mass is 10.2. The van der Waals surface area contributed by atoms with Crippen LogP contribution in [0.15, 0.2) is 18.2 Å². The first-order valence-corrected chi connectivity index (χ1v) is 3.96. The van der Waals surface area contributed by atoms with Gasteiger partial charge in [-0.25, -0.2) is 0 Å². The minimum atomic E-state index is 0.738. The van der Waals surface area contributed by atoms with Crippen molar-refractivity contribution in [1.82, 2.24) is 0 Å². The fourth-order valence-electron chi connectivity index (χ4n) is 0.639. The Bertz CT molecular complexity index is 241. The van der Waals surface area contributed by atoms with E-state index in [1.807, 2.05) is 19.8 Å². The molecule has 0 heterocycles. The number of hydrogen-bond donors (Lipinski definition) is 2. The minimum absolute atomic E-state index is 0.738. The number of aryl methyl sites for hydroxylation is 1. The van der Waals surface area contributed by atoms with Crippen molar-refractivity contribution in [2.75, 3.05) is 12.8 Å². The average molecular weight is 203 g/mol. The van der Waals surface area contributed by atoms with E-state index in [9.17, 15) is 0 Å². The molecule has 0 fully saturated rings. The number of benzene rings is 1. The second-order valence-electron chi connectivity index (χ2n) is 2.00. The lowest BCUT2D eigenvalue weighted by molar-refractivity contribution is -0.0979. The van der Waals surface area contributed by atoms with Gasteiger partial charge in [0.05, 0.1) is 0 Å². The Hall–Kier alpha value is -1.06. The van der Waals surface area contributed by atoms with Crippen molar-refractivity contribution < 1.29 is 4.79 Å². The number of hydrogen-bond acceptors (Lipinski definition) is 3. The van der Waals surface area contributed by atoms with Crippen LogP contribution in [0.25, 0.3) is 0 Å². The molecule has 1 aromatic carbocycles. The van der Waals surface area contributed by atoms with Crippen LogP contribution in [0, 0.1) is 6.92 Å². The Morgan fingerprint density at radius 1 is 1.31 bits per heavy atom. The van der Waals surface area contributed by atoms with E-state index in [1.54, 1.807) is 12.1 Å². The van der Waals surface area contributed by atoms with E-state index in [-0.39, 0.29) is 0 Å². The summed E-state index contributed by atoms with van der Waals surface area (Å²) in [6, 6.07) is 5.43. The van der Waals surface area contributed by atoms with E-state index in [2.05, 4.69) is 5.73 Å². The van der Waals surface area contributed by atoms with Crippen LogP contribution in [0.1, 0.15) is 5.56 Å². The van der Waals surface area contributed by atoms with Crippen LogP contribution in [-0.2, 0) is 4.79 Å². The van der Waals surface area contributed by atoms with Crippen molar-refractivity contribution in [3.8, 4) is 0 Å². The van der Waals surface area contributed by atoms with Crippen LogP contribution >= 0.6 is 11.6 Å². The van der Waals surface area contributed by atoms with Gasteiger partial charge in [-0.05, 0) is 37.7 Å². The summed E-state index contributed by atoms with van der Waals surface area (Å²) in [6.45, 7) is 3.93. The second kappa shape index (κ2) is 9.03. The number of carbonyl (C=O) groups excluding carboxylic acids is 1. The zero-order valence-corrected chi connectivity index (χ0v) is 8.64. The summed E-state index contributed by atoms with van der Waals surface area (Å²) < 4.78 is 0. The maximum absolute atomic E-state index is 8.00. The molecule has 0 atom stereocenters. The summed E-state index contributed by atoms with van der Waals surface area (Å²) in [6.07, 6.45) is 0. The van der Waals surface area contributed by atoms with Crippen molar-refractivity contribution >= 4 is 24.1 Å². The third-order valence-electron chi connectivity index (χ3n) is 1.23. The molecule has 0 radical (unpaired) electrons. The molecule has 0 saturated carbocycles. The summed E-state index contributed by atoms with van der Waals surface area (Å²) in [4.78, 5) is 8.00. The summed E-state index contributed by atoms with van der Waals surface area (Å²) in [5.41, 5.74) is 11.9. The van der Waals surface area contributed by atoms with Gasteiger partial charge in [-0.3, -0.25) is 0 Å². The lowest BCUT2D eigenvalue weighted by Gasteiger charge is -1.97. The van der Waals surface area contributed by atoms with E-state index in [4.69, 9.17) is 22.1 Å². The van der Waals surface area contributed by atoms with Gasteiger partial charge in [0.15, 0.2) is 0 Å². The van der Waals surface area contributed by atoms with E-state index in [1.165, 1.54) is 7.05 Å². The van der Waals surface area contributed by atoms with Crippen LogP contribution in [0.5, 0.6) is 0 Å². The number of rotatable bonds is 0. The minimum Gasteiger partial charge on any atom is -0.399 e. The highest BCUT2D eigenvalue weighted by atomic mass is 35.5. The standard InChI is InChI=1S/C7H8ClN.CH5N.CH2O/c1-5-4-6(8)2-3-7(5)9;2*1-2/h2-4H,9H2,1H3;2H2,1H3;1H2. The van der Waals surface area contributed by atoms with E-state index in [0.29, 0.717) is 0 Å². The Balaban J connectivity index is 0. The average Bonchev–Trinajstić information content (AvgIpc) is 2.18. The quantitative estimate of drug-likeness (QED) is 0.629. The second-order valence-corrected chi connectivity index (χ2v) is 2.44. The van der Waals surface area contributed by atoms with E-state index >= 15 is 0 Å². The molecule has 0 aliphatic carbocycles. The van der Waals surface area contributed by atoms with Gasteiger partial charge in [0.2, 0.25) is 0 Å². The molecule has 0 aromatic heterocycles. The molecule has 74 valence electrons. The topological polar surface area (TPSA) is 69.1 Å². The van der Waals surface area contributed by atoms with E-state index < -0.39 is 0 Å². The highest BCUT2D eigenvalue weighted by molar-refractivity contribution is 6.30. The van der Waals surface area contributed by atoms with E-state index in [0.717, 1.165) is 16.3 Å². The first-order valence-electron chi connectivity index (χ1n) is 3.58. The van der Waals surface area contributed by atoms with Gasteiger partial charge in [-0.1, -0.05) is 11.6 Å². The van der Waals surface area contributed by atoms with Gasteiger partial charge in [0.1, 0.15) is 6.79 Å². The highest BCUT2D eigenvalue weighted by Crippen LogP contribution is 2.15. The molecular weight excluding hydrogens is 188 g/mol. The van der Waals surface area contributed by atoms with Crippen molar-refractivity contribution in [2.24, 2.45) is 5.73 Å². The van der Waals surface area contributed by atoms with Gasteiger partial charge in [0.25, 0.3) is 0 Å². The lowest BCUT2D eigenvalue weighted by Crippen LogP contribution is -1.87. The molecule has 0 amide bonds. The molecule has 1 rings (SSSR count). The first-order chi connectivity index (χ1) is 6.20. The molecule has 0 aliphatic heterocycles. The van der Waals surface area contributed by atoms with Crippen molar-refractivity contribution in [1.29, 1.82) is 0 Å². The molecule has 0 aliphatic rings. The third-order valence-corrected chi connectivity index (χ3v) is 1.47. The molecule has 4 heteroatoms. The van der Waals surface area contributed by atoms with Gasteiger partial charge >= 0.3 is 0 Å². The normalized spacial score (nSPS) is 7.38. The molecule has 0 saturated heterocycles. The number of carbonyl (C=O) groups is 1. The third kappa shape index (κ3) is 6.13. The van der Waals surface area contributed by atoms with Gasteiger partial charge in [-0.15, -0.1) is 0 Å². The predicted molar refractivity (Wildman–Crippen MR) is 57.8 cm³/mol. The SMILES string of the molecule is C=O.CN.Cc1cc(Cl)ccc1N. The smallest absolute Gasteiger partial charge is 0.106 e. The fraction of sp³-hybridized carbons (Fsp3) is 0.222. The predicted octanol–water partition coefficient (Wildman–Crippen LogP) is 1.62. The maximum atomic E-state index is 8.00. The maximum Gasteiger partial charge on any atom is 0.106 e. The molecule has 4 N–H and O–H groups in total. The zero-order valence-electron chi connectivity index (χ0n) is 7.88. The first kappa shape index (κ1) is 14.5. The van der Waals surface area contributed by atoms with Crippen LogP contribution < -0.4 is 11.5 Å². The van der Waals surface area contributed by atoms with Gasteiger partial charge < -0.3 is 16.3 Å². The molecule has 0 bridgehead atoms. The van der Waals surface area contributed by atoms with Crippen LogP contribution in [-0.4, -0.2) is 13.8 Å². The van der Waals surface area contributed by atoms with Gasteiger partial charge in [0, 0.05) is 10.7 Å². The fourth-order valence-corrected chi connectivity index (χ4v) is 0.866. The summed E-state index contributed by atoms with van der Waals surface area (Å²) >= 11 is 5.66. The Labute approximate surface area is 83.7 Å². The van der Waals surface area contributed by atoms with Crippen LogP contribution in [0.4, 0.5) is 5.69 Å². The van der Waals surface area contributed by atoms with Crippen molar-refractivity contribution in [3.63, 3.8) is 0 Å². The summed E-state index contributed by atoms with van der Waals surface area (Å²) in [5.74, 6) is 0. The number of nitrogen functional groups attached to an aromatic ring is 1. The molecule has 1 aromatic rings.